The van der Waals surface area contributed by atoms with E-state index in [1.165, 1.54) is 0 Å². The molecule has 0 spiro atoms. The van der Waals surface area contributed by atoms with Crippen LogP contribution in [0.3, 0.4) is 0 Å². The Bertz CT molecular complexity index is 662. The smallest absolute Gasteiger partial charge is 0.243 e. The predicted octanol–water partition coefficient (Wildman–Crippen LogP) is 2.96. The lowest BCUT2D eigenvalue weighted by molar-refractivity contribution is -0.0726. The second kappa shape index (κ2) is 8.05. The van der Waals surface area contributed by atoms with Gasteiger partial charge in [0.15, 0.2) is 0 Å². The molecule has 2 heterocycles. The minimum Gasteiger partial charge on any atom is -0.373 e. The number of piperidine rings is 1. The lowest BCUT2D eigenvalue weighted by atomic mass is 9.97. The fourth-order valence-corrected chi connectivity index (χ4v) is 5.62. The summed E-state index contributed by atoms with van der Waals surface area (Å²) in [7, 11) is -3.37. The molecule has 25 heavy (non-hydrogen) atoms. The zero-order valence-corrected chi connectivity index (χ0v) is 17.3. The van der Waals surface area contributed by atoms with Gasteiger partial charge in [0.2, 0.25) is 10.0 Å². The number of morpholine rings is 1. The van der Waals surface area contributed by atoms with Crippen LogP contribution >= 0.6 is 15.9 Å². The molecule has 0 aromatic heterocycles. The third-order valence-corrected chi connectivity index (χ3v) is 7.48. The summed E-state index contributed by atoms with van der Waals surface area (Å²) >= 11 is 3.35. The number of sulfonamides is 1. The lowest BCUT2D eigenvalue weighted by Crippen LogP contribution is -2.48. The van der Waals surface area contributed by atoms with Crippen molar-refractivity contribution in [3.8, 4) is 0 Å². The normalized spacial score (nSPS) is 27.5. The second-order valence-corrected chi connectivity index (χ2v) is 10.1. The molecular weight excluding hydrogens is 404 g/mol. The molecule has 0 bridgehead atoms. The van der Waals surface area contributed by atoms with Crippen molar-refractivity contribution in [3.63, 3.8) is 0 Å². The zero-order valence-electron chi connectivity index (χ0n) is 14.9. The fraction of sp³-hybridized carbons (Fsp3) is 0.667. The molecule has 0 saturated carbocycles. The Morgan fingerprint density at radius 2 is 1.64 bits per heavy atom. The number of hydrogen-bond donors (Lipinski definition) is 0. The molecule has 140 valence electrons. The van der Waals surface area contributed by atoms with Crippen LogP contribution in [-0.2, 0) is 14.8 Å². The van der Waals surface area contributed by atoms with Gasteiger partial charge in [-0.1, -0.05) is 15.9 Å². The molecular formula is C18H27BrN2O3S. The van der Waals surface area contributed by atoms with Crippen LogP contribution in [-0.4, -0.2) is 62.6 Å². The van der Waals surface area contributed by atoms with Gasteiger partial charge in [-0.05, 0) is 56.9 Å². The molecule has 1 aromatic carbocycles. The van der Waals surface area contributed by atoms with Crippen LogP contribution in [0.15, 0.2) is 33.6 Å². The monoisotopic (exact) mass is 430 g/mol. The standard InChI is InChI=1S/C18H27BrN2O3S/c1-14-11-20(12-15(2)24-14)13-16-7-9-21(10-8-16)25(22,23)18-5-3-17(19)4-6-18/h3-6,14-16H,7-13H2,1-2H3. The Morgan fingerprint density at radius 1 is 1.08 bits per heavy atom. The summed E-state index contributed by atoms with van der Waals surface area (Å²) < 4.78 is 33.8. The van der Waals surface area contributed by atoms with Crippen molar-refractivity contribution in [2.45, 2.75) is 43.8 Å². The molecule has 2 fully saturated rings. The third-order valence-electron chi connectivity index (χ3n) is 5.04. The summed E-state index contributed by atoms with van der Waals surface area (Å²) in [5.41, 5.74) is 0. The first-order valence-corrected chi connectivity index (χ1v) is 11.2. The van der Waals surface area contributed by atoms with Gasteiger partial charge < -0.3 is 4.74 Å². The van der Waals surface area contributed by atoms with Crippen molar-refractivity contribution in [1.82, 2.24) is 9.21 Å². The van der Waals surface area contributed by atoms with Gasteiger partial charge in [-0.25, -0.2) is 8.42 Å². The molecule has 7 heteroatoms. The highest BCUT2D eigenvalue weighted by atomic mass is 79.9. The Labute approximate surface area is 159 Å². The van der Waals surface area contributed by atoms with Crippen LogP contribution in [0.2, 0.25) is 0 Å². The highest BCUT2D eigenvalue weighted by molar-refractivity contribution is 9.10. The maximum Gasteiger partial charge on any atom is 0.243 e. The molecule has 2 saturated heterocycles. The number of benzene rings is 1. The zero-order chi connectivity index (χ0) is 18.0. The number of hydrogen-bond acceptors (Lipinski definition) is 4. The number of halogens is 1. The van der Waals surface area contributed by atoms with Crippen LogP contribution in [0, 0.1) is 5.92 Å². The van der Waals surface area contributed by atoms with Gasteiger partial charge in [-0.15, -0.1) is 0 Å². The van der Waals surface area contributed by atoms with Gasteiger partial charge in [0, 0.05) is 37.2 Å². The number of nitrogens with zero attached hydrogens (tertiary/aromatic N) is 2. The Kier molecular flexibility index (Phi) is 6.21. The Balaban J connectivity index is 1.55. The van der Waals surface area contributed by atoms with E-state index in [1.54, 1.807) is 28.6 Å². The van der Waals surface area contributed by atoms with Gasteiger partial charge in [0.1, 0.15) is 0 Å². The van der Waals surface area contributed by atoms with E-state index in [2.05, 4.69) is 34.7 Å². The molecule has 0 amide bonds. The first kappa shape index (κ1) is 19.3. The summed E-state index contributed by atoms with van der Waals surface area (Å²) in [6.45, 7) is 8.46. The second-order valence-electron chi connectivity index (χ2n) is 7.28. The third kappa shape index (κ3) is 4.83. The fourth-order valence-electron chi connectivity index (χ4n) is 3.89. The Morgan fingerprint density at radius 3 is 2.20 bits per heavy atom. The molecule has 1 aromatic rings. The van der Waals surface area contributed by atoms with E-state index >= 15 is 0 Å². The van der Waals surface area contributed by atoms with Crippen molar-refractivity contribution in [2.24, 2.45) is 5.92 Å². The van der Waals surface area contributed by atoms with Crippen molar-refractivity contribution < 1.29 is 13.2 Å². The van der Waals surface area contributed by atoms with Gasteiger partial charge >= 0.3 is 0 Å². The first-order valence-electron chi connectivity index (χ1n) is 8.98. The van der Waals surface area contributed by atoms with E-state index in [0.717, 1.165) is 36.9 Å². The van der Waals surface area contributed by atoms with E-state index in [9.17, 15) is 8.42 Å². The molecule has 0 radical (unpaired) electrons. The van der Waals surface area contributed by atoms with Crippen LogP contribution in [0.1, 0.15) is 26.7 Å². The van der Waals surface area contributed by atoms with E-state index in [0.29, 0.717) is 23.9 Å². The Hall–Kier alpha value is -0.470. The average Bonchev–Trinajstić information content (AvgIpc) is 2.55. The van der Waals surface area contributed by atoms with Gasteiger partial charge in [-0.2, -0.15) is 4.31 Å². The summed E-state index contributed by atoms with van der Waals surface area (Å²) in [6.07, 6.45) is 2.41. The highest BCUT2D eigenvalue weighted by Crippen LogP contribution is 2.26. The van der Waals surface area contributed by atoms with Crippen LogP contribution < -0.4 is 0 Å². The molecule has 2 atom stereocenters. The molecule has 2 aliphatic heterocycles. The summed E-state index contributed by atoms with van der Waals surface area (Å²) in [6, 6.07) is 6.89. The van der Waals surface area contributed by atoms with E-state index in [-0.39, 0.29) is 12.2 Å². The maximum atomic E-state index is 12.8. The molecule has 5 nitrogen and oxygen atoms in total. The molecule has 0 aliphatic carbocycles. The first-order chi connectivity index (χ1) is 11.8. The van der Waals surface area contributed by atoms with Crippen molar-refractivity contribution >= 4 is 26.0 Å². The van der Waals surface area contributed by atoms with E-state index in [4.69, 9.17) is 4.74 Å². The topological polar surface area (TPSA) is 49.9 Å². The largest absolute Gasteiger partial charge is 0.373 e. The van der Waals surface area contributed by atoms with Crippen LogP contribution in [0.25, 0.3) is 0 Å². The molecule has 3 rings (SSSR count). The van der Waals surface area contributed by atoms with Crippen molar-refractivity contribution in [2.75, 3.05) is 32.7 Å². The molecule has 2 aliphatic rings. The van der Waals surface area contributed by atoms with Gasteiger partial charge in [-0.3, -0.25) is 4.90 Å². The summed E-state index contributed by atoms with van der Waals surface area (Å²) in [5.74, 6) is 0.564. The van der Waals surface area contributed by atoms with Gasteiger partial charge in [0.05, 0.1) is 17.1 Å². The van der Waals surface area contributed by atoms with Crippen LogP contribution in [0.4, 0.5) is 0 Å². The number of rotatable bonds is 4. The molecule has 2 unspecified atom stereocenters. The SMILES string of the molecule is CC1CN(CC2CCN(S(=O)(=O)c3ccc(Br)cc3)CC2)CC(C)O1. The predicted molar refractivity (Wildman–Crippen MR) is 102 cm³/mol. The van der Waals surface area contributed by atoms with Gasteiger partial charge in [0.25, 0.3) is 0 Å². The maximum absolute atomic E-state index is 12.8. The minimum absolute atomic E-state index is 0.279. The van der Waals surface area contributed by atoms with Crippen molar-refractivity contribution in [3.05, 3.63) is 28.7 Å². The van der Waals surface area contributed by atoms with Crippen LogP contribution in [0.5, 0.6) is 0 Å². The summed E-state index contributed by atoms with van der Waals surface area (Å²) in [4.78, 5) is 2.85. The lowest BCUT2D eigenvalue weighted by Gasteiger charge is -2.39. The highest BCUT2D eigenvalue weighted by Gasteiger charge is 2.31. The quantitative estimate of drug-likeness (QED) is 0.736. The van der Waals surface area contributed by atoms with E-state index in [1.807, 2.05) is 0 Å². The number of ether oxygens (including phenoxy) is 1. The van der Waals surface area contributed by atoms with Crippen molar-refractivity contribution in [1.29, 1.82) is 0 Å². The van der Waals surface area contributed by atoms with E-state index < -0.39 is 10.0 Å². The average molecular weight is 431 g/mol. The minimum atomic E-state index is -3.37. The molecule has 0 N–H and O–H groups in total. The summed E-state index contributed by atoms with van der Waals surface area (Å²) in [5, 5.41) is 0.